The van der Waals surface area contributed by atoms with Crippen molar-refractivity contribution in [3.05, 3.63) is 82.4 Å². The van der Waals surface area contributed by atoms with Gasteiger partial charge in [-0.05, 0) is 82.4 Å². The van der Waals surface area contributed by atoms with Gasteiger partial charge in [0.15, 0.2) is 10.8 Å². The number of hydrogen-bond acceptors (Lipinski definition) is 11. The molecule has 0 saturated carbocycles. The van der Waals surface area contributed by atoms with Crippen LogP contribution in [-0.2, 0) is 46.0 Å². The van der Waals surface area contributed by atoms with Gasteiger partial charge in [-0.2, -0.15) is 29.8 Å². The summed E-state index contributed by atoms with van der Waals surface area (Å²) in [6.07, 6.45) is 12.4. The molecule has 18 heteroatoms. The van der Waals surface area contributed by atoms with E-state index in [0.717, 1.165) is 62.6 Å². The topological polar surface area (TPSA) is 196 Å². The smallest absolute Gasteiger partial charge is 0.299 e. The highest BCUT2D eigenvalue weighted by Crippen LogP contribution is 2.56. The minimum atomic E-state index is -4.63. The molecule has 0 radical (unpaired) electrons. The molecule has 2 aliphatic heterocycles. The Hall–Kier alpha value is -3.75. The van der Waals surface area contributed by atoms with Gasteiger partial charge in [0.25, 0.3) is 36.8 Å². The second-order valence-corrected chi connectivity index (χ2v) is 22.3. The van der Waals surface area contributed by atoms with Crippen LogP contribution in [0.2, 0.25) is 0 Å². The quantitative estimate of drug-likeness (QED) is 0.0373. The fraction of sp³-hybridized carbons (Fsp3) is 0.415. The normalized spacial score (nSPS) is 20.6. The van der Waals surface area contributed by atoms with Gasteiger partial charge in [0.1, 0.15) is 11.4 Å². The van der Waals surface area contributed by atoms with Gasteiger partial charge in [0.2, 0.25) is 5.69 Å². The fourth-order valence-electron chi connectivity index (χ4n) is 8.85. The van der Waals surface area contributed by atoms with Gasteiger partial charge < -0.3 is 9.64 Å². The Labute approximate surface area is 353 Å². The van der Waals surface area contributed by atoms with Crippen molar-refractivity contribution in [1.29, 1.82) is 0 Å². The van der Waals surface area contributed by atoms with Gasteiger partial charge in [0.05, 0.1) is 32.7 Å². The molecular weight excluding hydrogens is 857 g/mol. The Morgan fingerprint density at radius 2 is 1.54 bits per heavy atom. The summed E-state index contributed by atoms with van der Waals surface area (Å²) in [5.74, 6) is -0.903. The predicted molar refractivity (Wildman–Crippen MR) is 235 cm³/mol. The Kier molecular flexibility index (Phi) is 12.9. The third-order valence-corrected chi connectivity index (χ3v) is 15.9. The highest BCUT2D eigenvalue weighted by Gasteiger charge is 2.48. The van der Waals surface area contributed by atoms with Crippen LogP contribution in [0.1, 0.15) is 82.2 Å². The molecule has 2 unspecified atom stereocenters. The molecule has 4 heterocycles. The molecule has 0 aliphatic carbocycles. The molecule has 0 saturated heterocycles. The first-order chi connectivity index (χ1) is 27.7. The van der Waals surface area contributed by atoms with E-state index in [2.05, 4.69) is 29.4 Å². The standard InChI is InChI=1S/C41H48N2O11S5/c1-6-17-40(4)30-15-16-32-28(24-36(56-32)54-26-44)37(30)43(20-12-22-58(48,49)50)34(40)13-9-8-10-14-35-41(5,18-11-21-57(45,46)47)31-25-33(59(51,52)53)39-29(23-27(3)55-39)38(31)42(35)19-7-2/h8-10,13-16,23-26H,6-7,11-12,17-22H2,1-5H3,(H2-,45,46,47,48,49,50,51,52,53)/p+1. The Morgan fingerprint density at radius 1 is 0.831 bits per heavy atom. The van der Waals surface area contributed by atoms with Crippen molar-refractivity contribution in [2.75, 3.05) is 29.5 Å². The number of carbonyl (C=O) groups excluding carboxylic acids is 1. The zero-order chi connectivity index (χ0) is 43.1. The first-order valence-electron chi connectivity index (χ1n) is 19.3. The summed E-state index contributed by atoms with van der Waals surface area (Å²) in [7, 11) is -13.1. The van der Waals surface area contributed by atoms with Crippen LogP contribution >= 0.6 is 22.7 Å². The number of rotatable bonds is 18. The van der Waals surface area contributed by atoms with E-state index in [0.29, 0.717) is 33.7 Å². The Balaban J connectivity index is 1.48. The highest BCUT2D eigenvalue weighted by molar-refractivity contribution is 7.86. The van der Waals surface area contributed by atoms with Crippen LogP contribution in [0.4, 0.5) is 11.4 Å². The fourth-order valence-corrected chi connectivity index (χ4v) is 12.7. The summed E-state index contributed by atoms with van der Waals surface area (Å²) in [4.78, 5) is 14.0. The zero-order valence-electron chi connectivity index (χ0n) is 33.5. The van der Waals surface area contributed by atoms with Crippen LogP contribution in [0.15, 0.2) is 71.3 Å². The number of hydrogen-bond donors (Lipinski definition) is 3. The van der Waals surface area contributed by atoms with Crippen molar-refractivity contribution >= 4 is 96.8 Å². The second kappa shape index (κ2) is 17.0. The van der Waals surface area contributed by atoms with Gasteiger partial charge in [-0.1, -0.05) is 49.8 Å². The molecule has 13 nitrogen and oxygen atoms in total. The van der Waals surface area contributed by atoms with E-state index in [-0.39, 0.29) is 30.7 Å². The largest absolute Gasteiger partial charge is 0.418 e. The zero-order valence-corrected chi connectivity index (χ0v) is 37.5. The van der Waals surface area contributed by atoms with Crippen molar-refractivity contribution in [2.45, 2.75) is 88.9 Å². The molecule has 0 fully saturated rings. The third kappa shape index (κ3) is 9.00. The van der Waals surface area contributed by atoms with Crippen LogP contribution < -0.4 is 9.64 Å². The molecule has 0 bridgehead atoms. The van der Waals surface area contributed by atoms with Gasteiger partial charge in [-0.15, -0.1) is 11.3 Å². The lowest BCUT2D eigenvalue weighted by molar-refractivity contribution is -0.435. The van der Waals surface area contributed by atoms with E-state index < -0.39 is 52.7 Å². The number of benzene rings is 2. The van der Waals surface area contributed by atoms with E-state index >= 15 is 0 Å². The average Bonchev–Trinajstić information content (AvgIpc) is 3.83. The molecule has 2 aromatic carbocycles. The number of nitrogens with zero attached hydrogens (tertiary/aromatic N) is 2. The molecule has 2 aromatic heterocycles. The summed E-state index contributed by atoms with van der Waals surface area (Å²) in [5, 5.41) is 1.96. The summed E-state index contributed by atoms with van der Waals surface area (Å²) < 4.78 is 111. The SMILES string of the molecule is CCCN1/C(=C/C=C/C=C/C2=[N+](CCCS(=O)(=O)O)c3c(ccc4sc(OC=O)cc34)C2(C)CCC)C(C)(CCCS(=O)(=O)O)c2cc(S(=O)(=O)O)c3sc(C)cc3c21. The van der Waals surface area contributed by atoms with Crippen LogP contribution in [0.5, 0.6) is 5.06 Å². The van der Waals surface area contributed by atoms with Crippen molar-refractivity contribution in [2.24, 2.45) is 0 Å². The van der Waals surface area contributed by atoms with E-state index in [4.69, 9.17) is 4.74 Å². The van der Waals surface area contributed by atoms with Crippen molar-refractivity contribution in [3.8, 4) is 5.06 Å². The Morgan fingerprint density at radius 3 is 2.19 bits per heavy atom. The van der Waals surface area contributed by atoms with Crippen LogP contribution in [0.3, 0.4) is 0 Å². The van der Waals surface area contributed by atoms with Gasteiger partial charge in [-0.3, -0.25) is 18.5 Å². The minimum Gasteiger partial charge on any atom is -0.418 e. The summed E-state index contributed by atoms with van der Waals surface area (Å²) in [5.41, 5.74) is 3.65. The number of fused-ring (bicyclic) bond motifs is 6. The maximum absolute atomic E-state index is 12.8. The lowest BCUT2D eigenvalue weighted by Gasteiger charge is -2.30. The number of allylic oxidation sites excluding steroid dienone is 6. The number of aryl methyl sites for hydroxylation is 1. The first kappa shape index (κ1) is 44.8. The van der Waals surface area contributed by atoms with Crippen molar-refractivity contribution in [3.63, 3.8) is 0 Å². The molecule has 2 atom stereocenters. The molecule has 318 valence electrons. The summed E-state index contributed by atoms with van der Waals surface area (Å²) in [6.45, 7) is 11.3. The summed E-state index contributed by atoms with van der Waals surface area (Å²) in [6, 6.07) is 9.28. The number of ether oxygens (including phenoxy) is 1. The monoisotopic (exact) mass is 905 g/mol. The lowest BCUT2D eigenvalue weighted by atomic mass is 9.75. The first-order valence-corrected chi connectivity index (χ1v) is 25.6. The number of thiophene rings is 2. The molecule has 3 N–H and O–H groups in total. The predicted octanol–water partition coefficient (Wildman–Crippen LogP) is 8.49. The molecule has 0 amide bonds. The van der Waals surface area contributed by atoms with E-state index in [1.807, 2.05) is 69.4 Å². The number of anilines is 1. The van der Waals surface area contributed by atoms with Gasteiger partial charge in [-0.25, -0.2) is 0 Å². The van der Waals surface area contributed by atoms with Crippen LogP contribution in [-0.4, -0.2) is 80.3 Å². The van der Waals surface area contributed by atoms with Crippen molar-refractivity contribution < 1.29 is 53.0 Å². The average molecular weight is 906 g/mol. The number of carbonyl (C=O) groups is 1. The maximum atomic E-state index is 12.8. The molecule has 59 heavy (non-hydrogen) atoms. The third-order valence-electron chi connectivity index (χ3n) is 11.2. The second-order valence-electron chi connectivity index (χ2n) is 15.4. The Bertz CT molecular complexity index is 2780. The molecule has 6 rings (SSSR count). The van der Waals surface area contributed by atoms with E-state index in [1.54, 1.807) is 0 Å². The van der Waals surface area contributed by atoms with Crippen molar-refractivity contribution in [1.82, 2.24) is 0 Å². The maximum Gasteiger partial charge on any atom is 0.299 e. The highest BCUT2D eigenvalue weighted by atomic mass is 32.2. The van der Waals surface area contributed by atoms with E-state index in [1.165, 1.54) is 28.7 Å². The molecule has 4 aromatic rings. The minimum absolute atomic E-state index is 0.0834. The van der Waals surface area contributed by atoms with Crippen LogP contribution in [0, 0.1) is 6.92 Å². The van der Waals surface area contributed by atoms with Crippen LogP contribution in [0.25, 0.3) is 20.2 Å². The van der Waals surface area contributed by atoms with Gasteiger partial charge in [0, 0.05) is 56.7 Å². The molecular formula is C41H49N2O11S5+. The van der Waals surface area contributed by atoms with E-state index in [9.17, 15) is 43.7 Å². The molecule has 0 spiro atoms. The van der Waals surface area contributed by atoms with Gasteiger partial charge >= 0.3 is 0 Å². The summed E-state index contributed by atoms with van der Waals surface area (Å²) >= 11 is 2.60. The molecule has 2 aliphatic rings. The lowest BCUT2D eigenvalue weighted by Crippen LogP contribution is -2.31.